The van der Waals surface area contributed by atoms with Crippen molar-refractivity contribution in [1.82, 2.24) is 10.2 Å². The lowest BCUT2D eigenvalue weighted by atomic mass is 10.1. The molecule has 0 fully saturated rings. The minimum atomic E-state index is -0.584. The fourth-order valence-corrected chi connectivity index (χ4v) is 4.24. The van der Waals surface area contributed by atoms with Crippen LogP contribution in [0.4, 0.5) is 5.13 Å². The van der Waals surface area contributed by atoms with Crippen LogP contribution in [0.3, 0.4) is 0 Å². The van der Waals surface area contributed by atoms with E-state index in [1.54, 1.807) is 12.1 Å². The van der Waals surface area contributed by atoms with Crippen LogP contribution in [0.25, 0.3) is 6.08 Å². The summed E-state index contributed by atoms with van der Waals surface area (Å²) in [4.78, 5) is 12.6. The highest BCUT2D eigenvalue weighted by Gasteiger charge is 2.16. The highest BCUT2D eigenvalue weighted by Crippen LogP contribution is 2.37. The SMILES string of the molecule is CCCCc1nnc(NC(=O)/C(C#N)=C\c2cc(Cl)c(OCCOc3ccccc3C)c(OC)c2)s1. The number of hydrogen-bond acceptors (Lipinski definition) is 8. The van der Waals surface area contributed by atoms with Crippen molar-refractivity contribution in [3.8, 4) is 23.3 Å². The molecular weight excluding hydrogens is 500 g/mol. The highest BCUT2D eigenvalue weighted by atomic mass is 35.5. The number of amides is 1. The summed E-state index contributed by atoms with van der Waals surface area (Å²) in [5.74, 6) is 0.917. The van der Waals surface area contributed by atoms with E-state index >= 15 is 0 Å². The van der Waals surface area contributed by atoms with E-state index in [2.05, 4.69) is 22.4 Å². The Morgan fingerprint density at radius 2 is 1.97 bits per heavy atom. The minimum absolute atomic E-state index is 0.112. The van der Waals surface area contributed by atoms with Crippen molar-refractivity contribution < 1.29 is 19.0 Å². The van der Waals surface area contributed by atoms with Crippen LogP contribution in [0.2, 0.25) is 5.02 Å². The molecule has 10 heteroatoms. The number of benzene rings is 2. The van der Waals surface area contributed by atoms with Gasteiger partial charge >= 0.3 is 0 Å². The summed E-state index contributed by atoms with van der Waals surface area (Å²) in [7, 11) is 1.49. The molecule has 8 nitrogen and oxygen atoms in total. The van der Waals surface area contributed by atoms with E-state index in [9.17, 15) is 10.1 Å². The molecule has 0 aliphatic carbocycles. The van der Waals surface area contributed by atoms with Crippen molar-refractivity contribution in [2.45, 2.75) is 33.1 Å². The number of halogens is 1. The van der Waals surface area contributed by atoms with Crippen LogP contribution >= 0.6 is 22.9 Å². The molecule has 0 unspecified atom stereocenters. The van der Waals surface area contributed by atoms with Crippen LogP contribution in [0.1, 0.15) is 35.9 Å². The lowest BCUT2D eigenvalue weighted by molar-refractivity contribution is -0.112. The Balaban J connectivity index is 1.67. The number of ether oxygens (including phenoxy) is 3. The molecule has 1 amide bonds. The van der Waals surface area contributed by atoms with E-state index in [1.807, 2.05) is 37.3 Å². The van der Waals surface area contributed by atoms with Crippen molar-refractivity contribution in [3.63, 3.8) is 0 Å². The molecule has 0 saturated carbocycles. The molecule has 0 aliphatic heterocycles. The molecule has 0 atom stereocenters. The number of methoxy groups -OCH3 is 1. The standard InChI is InChI=1S/C26H27ClN4O4S/c1-4-5-10-23-30-31-26(36-23)29-25(32)19(16-28)13-18-14-20(27)24(22(15-18)33-3)35-12-11-34-21-9-7-6-8-17(21)2/h6-9,13-15H,4-5,10-12H2,1-3H3,(H,29,31,32)/b19-13-. The Labute approximate surface area is 219 Å². The molecule has 3 rings (SSSR count). The Kier molecular flexibility index (Phi) is 10.1. The van der Waals surface area contributed by atoms with Crippen molar-refractivity contribution in [2.24, 2.45) is 0 Å². The Morgan fingerprint density at radius 1 is 1.19 bits per heavy atom. The number of carbonyl (C=O) groups is 1. The number of nitriles is 1. The molecule has 188 valence electrons. The van der Waals surface area contributed by atoms with Gasteiger partial charge in [-0.3, -0.25) is 10.1 Å². The molecule has 1 aromatic heterocycles. The summed E-state index contributed by atoms with van der Waals surface area (Å²) in [6, 6.07) is 12.9. The largest absolute Gasteiger partial charge is 0.493 e. The van der Waals surface area contributed by atoms with Crippen molar-refractivity contribution in [3.05, 3.63) is 63.1 Å². The van der Waals surface area contributed by atoms with E-state index in [0.29, 0.717) is 28.8 Å². The first kappa shape index (κ1) is 27.0. The zero-order valence-corrected chi connectivity index (χ0v) is 21.9. The van der Waals surface area contributed by atoms with Gasteiger partial charge in [-0.1, -0.05) is 54.5 Å². The summed E-state index contributed by atoms with van der Waals surface area (Å²) in [6.45, 7) is 4.62. The number of rotatable bonds is 12. The molecule has 0 spiro atoms. The van der Waals surface area contributed by atoms with Gasteiger partial charge in [0, 0.05) is 6.42 Å². The van der Waals surface area contributed by atoms with Crippen molar-refractivity contribution >= 4 is 40.1 Å². The average Bonchev–Trinajstić information content (AvgIpc) is 3.32. The summed E-state index contributed by atoms with van der Waals surface area (Å²) in [5, 5.41) is 21.7. The summed E-state index contributed by atoms with van der Waals surface area (Å²) < 4.78 is 17.0. The maximum absolute atomic E-state index is 12.6. The number of carbonyl (C=O) groups excluding carboxylic acids is 1. The maximum atomic E-state index is 12.6. The third-order valence-corrected chi connectivity index (χ3v) is 6.22. The third-order valence-electron chi connectivity index (χ3n) is 5.04. The molecular formula is C26H27ClN4O4S. The van der Waals surface area contributed by atoms with Crippen LogP contribution in [-0.2, 0) is 11.2 Å². The quantitative estimate of drug-likeness (QED) is 0.179. The molecule has 2 aromatic carbocycles. The number of aryl methyl sites for hydroxylation is 2. The van der Waals surface area contributed by atoms with Crippen LogP contribution in [-0.4, -0.2) is 36.4 Å². The molecule has 1 N–H and O–H groups in total. The van der Waals surface area contributed by atoms with Gasteiger partial charge in [0.15, 0.2) is 11.5 Å². The van der Waals surface area contributed by atoms with Gasteiger partial charge in [-0.15, -0.1) is 10.2 Å². The number of anilines is 1. The molecule has 36 heavy (non-hydrogen) atoms. The molecule has 3 aromatic rings. The summed E-state index contributed by atoms with van der Waals surface area (Å²) in [6.07, 6.45) is 4.26. The second kappa shape index (κ2) is 13.5. The van der Waals surface area contributed by atoms with E-state index in [1.165, 1.54) is 24.5 Å². The van der Waals surface area contributed by atoms with Gasteiger partial charge in [0.25, 0.3) is 5.91 Å². The monoisotopic (exact) mass is 526 g/mol. The first-order chi connectivity index (χ1) is 17.4. The van der Waals surface area contributed by atoms with Crippen molar-refractivity contribution in [1.29, 1.82) is 5.26 Å². The highest BCUT2D eigenvalue weighted by molar-refractivity contribution is 7.15. The van der Waals surface area contributed by atoms with Crippen LogP contribution in [0, 0.1) is 18.3 Å². The van der Waals surface area contributed by atoms with Gasteiger partial charge in [0.1, 0.15) is 35.6 Å². The van der Waals surface area contributed by atoms with Gasteiger partial charge in [0.05, 0.1) is 12.1 Å². The molecule has 0 saturated heterocycles. The second-order valence-corrected chi connectivity index (χ2v) is 9.19. The fourth-order valence-electron chi connectivity index (χ4n) is 3.19. The molecule has 0 aliphatic rings. The van der Waals surface area contributed by atoms with Crippen LogP contribution in [0.5, 0.6) is 17.2 Å². The van der Waals surface area contributed by atoms with Crippen LogP contribution < -0.4 is 19.5 Å². The van der Waals surface area contributed by atoms with E-state index in [-0.39, 0.29) is 17.2 Å². The van der Waals surface area contributed by atoms with E-state index in [0.717, 1.165) is 35.6 Å². The first-order valence-electron chi connectivity index (χ1n) is 11.4. The number of hydrogen-bond donors (Lipinski definition) is 1. The third kappa shape index (κ3) is 7.44. The van der Waals surface area contributed by atoms with E-state index < -0.39 is 5.91 Å². The molecule has 0 bridgehead atoms. The van der Waals surface area contributed by atoms with Crippen LogP contribution in [0.15, 0.2) is 42.0 Å². The lowest BCUT2D eigenvalue weighted by Gasteiger charge is -2.14. The molecule has 1 heterocycles. The normalized spacial score (nSPS) is 11.0. The van der Waals surface area contributed by atoms with Crippen molar-refractivity contribution in [2.75, 3.05) is 25.6 Å². The fraction of sp³-hybridized carbons (Fsp3) is 0.308. The number of nitrogens with zero attached hydrogens (tertiary/aromatic N) is 3. The Morgan fingerprint density at radius 3 is 2.69 bits per heavy atom. The zero-order chi connectivity index (χ0) is 25.9. The number of nitrogens with one attached hydrogen (secondary N) is 1. The first-order valence-corrected chi connectivity index (χ1v) is 12.6. The zero-order valence-electron chi connectivity index (χ0n) is 20.3. The Bertz CT molecular complexity index is 1270. The predicted molar refractivity (Wildman–Crippen MR) is 141 cm³/mol. The number of unbranched alkanes of at least 4 members (excludes halogenated alkanes) is 1. The second-order valence-electron chi connectivity index (χ2n) is 7.72. The maximum Gasteiger partial charge on any atom is 0.268 e. The van der Waals surface area contributed by atoms with Gasteiger partial charge in [-0.25, -0.2) is 0 Å². The smallest absolute Gasteiger partial charge is 0.268 e. The molecule has 0 radical (unpaired) electrons. The van der Waals surface area contributed by atoms with Gasteiger partial charge < -0.3 is 14.2 Å². The van der Waals surface area contributed by atoms with E-state index in [4.69, 9.17) is 25.8 Å². The Hall–Kier alpha value is -3.61. The number of para-hydroxylation sites is 1. The predicted octanol–water partition coefficient (Wildman–Crippen LogP) is 5.85. The van der Waals surface area contributed by atoms with Gasteiger partial charge in [0.2, 0.25) is 5.13 Å². The lowest BCUT2D eigenvalue weighted by Crippen LogP contribution is -2.13. The van der Waals surface area contributed by atoms with Gasteiger partial charge in [-0.2, -0.15) is 5.26 Å². The summed E-state index contributed by atoms with van der Waals surface area (Å²) >= 11 is 7.74. The average molecular weight is 527 g/mol. The minimum Gasteiger partial charge on any atom is -0.493 e. The topological polar surface area (TPSA) is 106 Å². The van der Waals surface area contributed by atoms with Gasteiger partial charge in [-0.05, 0) is 48.7 Å². The number of aromatic nitrogens is 2. The summed E-state index contributed by atoms with van der Waals surface area (Å²) in [5.41, 5.74) is 1.43.